The Balaban J connectivity index is 2.28. The number of allylic oxidation sites excluding steroid dienone is 4. The van der Waals surface area contributed by atoms with Gasteiger partial charge in [0.05, 0.1) is 6.10 Å². The van der Waals surface area contributed by atoms with E-state index in [9.17, 15) is 9.90 Å². The normalized spacial score (nSPS) is 23.4. The molecule has 0 heterocycles. The predicted octanol–water partition coefficient (Wildman–Crippen LogP) is 4.88. The topological polar surface area (TPSA) is 57.5 Å². The van der Waals surface area contributed by atoms with E-state index in [4.69, 9.17) is 5.11 Å². The van der Waals surface area contributed by atoms with Crippen LogP contribution in [0.15, 0.2) is 36.5 Å². The van der Waals surface area contributed by atoms with Crippen molar-refractivity contribution in [2.24, 2.45) is 11.8 Å². The van der Waals surface area contributed by atoms with E-state index in [2.05, 4.69) is 31.2 Å². The number of carbonyl (C=O) groups is 1. The van der Waals surface area contributed by atoms with Crippen molar-refractivity contribution in [3.8, 4) is 0 Å². The SMILES string of the molecule is CCC=CC[C@H](O)C=C[C@H]1CCC[C@@H]1CC=CCCCC(=O)O. The molecule has 1 rings (SSSR count). The number of hydrogen-bond acceptors (Lipinski definition) is 2. The van der Waals surface area contributed by atoms with E-state index >= 15 is 0 Å². The van der Waals surface area contributed by atoms with Crippen molar-refractivity contribution in [2.45, 2.75) is 70.8 Å². The summed E-state index contributed by atoms with van der Waals surface area (Å²) in [5, 5.41) is 18.5. The summed E-state index contributed by atoms with van der Waals surface area (Å²) in [4.78, 5) is 10.4. The zero-order valence-corrected chi connectivity index (χ0v) is 14.4. The third-order valence-corrected chi connectivity index (χ3v) is 4.45. The van der Waals surface area contributed by atoms with Gasteiger partial charge in [0.1, 0.15) is 0 Å². The maximum Gasteiger partial charge on any atom is 0.303 e. The second-order valence-electron chi connectivity index (χ2n) is 6.42. The van der Waals surface area contributed by atoms with Crippen molar-refractivity contribution in [1.29, 1.82) is 0 Å². The molecule has 0 saturated heterocycles. The van der Waals surface area contributed by atoms with Gasteiger partial charge in [-0.05, 0) is 56.8 Å². The van der Waals surface area contributed by atoms with Gasteiger partial charge in [0.15, 0.2) is 0 Å². The van der Waals surface area contributed by atoms with Gasteiger partial charge >= 0.3 is 5.97 Å². The molecule has 1 aliphatic rings. The molecule has 0 radical (unpaired) electrons. The predicted molar refractivity (Wildman–Crippen MR) is 95.3 cm³/mol. The van der Waals surface area contributed by atoms with Crippen LogP contribution >= 0.6 is 0 Å². The molecule has 130 valence electrons. The summed E-state index contributed by atoms with van der Waals surface area (Å²) >= 11 is 0. The van der Waals surface area contributed by atoms with Crippen molar-refractivity contribution < 1.29 is 15.0 Å². The fraction of sp³-hybridized carbons (Fsp3) is 0.650. The molecule has 0 spiro atoms. The van der Waals surface area contributed by atoms with Crippen LogP contribution in [0.4, 0.5) is 0 Å². The van der Waals surface area contributed by atoms with Gasteiger partial charge in [-0.2, -0.15) is 0 Å². The molecule has 1 aliphatic carbocycles. The third-order valence-electron chi connectivity index (χ3n) is 4.45. The van der Waals surface area contributed by atoms with E-state index in [0.717, 1.165) is 25.7 Å². The highest BCUT2D eigenvalue weighted by molar-refractivity contribution is 5.66. The minimum atomic E-state index is -0.716. The first-order chi connectivity index (χ1) is 11.1. The molecule has 0 unspecified atom stereocenters. The van der Waals surface area contributed by atoms with E-state index in [1.807, 2.05) is 12.2 Å². The zero-order chi connectivity index (χ0) is 16.9. The van der Waals surface area contributed by atoms with Crippen LogP contribution in [0.1, 0.15) is 64.7 Å². The molecular formula is C20H32O3. The minimum absolute atomic E-state index is 0.253. The Labute approximate surface area is 140 Å². The largest absolute Gasteiger partial charge is 0.481 e. The lowest BCUT2D eigenvalue weighted by Crippen LogP contribution is -2.06. The highest BCUT2D eigenvalue weighted by Crippen LogP contribution is 2.35. The minimum Gasteiger partial charge on any atom is -0.481 e. The Morgan fingerprint density at radius 1 is 1.22 bits per heavy atom. The number of rotatable bonds is 11. The number of aliphatic hydroxyl groups excluding tert-OH is 1. The maximum absolute atomic E-state index is 10.4. The molecule has 0 aliphatic heterocycles. The number of aliphatic hydroxyl groups is 1. The molecule has 0 aromatic heterocycles. The summed E-state index contributed by atoms with van der Waals surface area (Å²) in [6.45, 7) is 2.09. The van der Waals surface area contributed by atoms with Crippen LogP contribution in [0.5, 0.6) is 0 Å². The molecule has 3 nitrogen and oxygen atoms in total. The Bertz CT molecular complexity index is 409. The molecule has 23 heavy (non-hydrogen) atoms. The van der Waals surface area contributed by atoms with Gasteiger partial charge in [-0.15, -0.1) is 0 Å². The summed E-state index contributed by atoms with van der Waals surface area (Å²) in [7, 11) is 0. The van der Waals surface area contributed by atoms with Crippen molar-refractivity contribution in [3.63, 3.8) is 0 Å². The standard InChI is InChI=1S/C20H32O3/c1-2-3-6-13-19(21)16-15-18-12-9-11-17(18)10-7-4-5-8-14-20(22)23/h3-4,6-7,15-19,21H,2,5,8-14H2,1H3,(H,22,23)/t17-,18+,19-/m0/s1. The zero-order valence-electron chi connectivity index (χ0n) is 14.4. The van der Waals surface area contributed by atoms with Crippen LogP contribution in [0.3, 0.4) is 0 Å². The Hall–Kier alpha value is -1.35. The van der Waals surface area contributed by atoms with Gasteiger partial charge in [-0.25, -0.2) is 0 Å². The van der Waals surface area contributed by atoms with Crippen LogP contribution in [0, 0.1) is 11.8 Å². The van der Waals surface area contributed by atoms with Crippen LogP contribution in [-0.4, -0.2) is 22.3 Å². The first kappa shape index (κ1) is 19.7. The van der Waals surface area contributed by atoms with Crippen molar-refractivity contribution in [2.75, 3.05) is 0 Å². The summed E-state index contributed by atoms with van der Waals surface area (Å²) in [5.41, 5.74) is 0. The van der Waals surface area contributed by atoms with E-state index in [1.54, 1.807) is 0 Å². The van der Waals surface area contributed by atoms with Gasteiger partial charge in [0.25, 0.3) is 0 Å². The summed E-state index contributed by atoms with van der Waals surface area (Å²) < 4.78 is 0. The smallest absolute Gasteiger partial charge is 0.303 e. The van der Waals surface area contributed by atoms with Crippen LogP contribution in [-0.2, 0) is 4.79 Å². The first-order valence-corrected chi connectivity index (χ1v) is 9.01. The Morgan fingerprint density at radius 3 is 2.78 bits per heavy atom. The second-order valence-corrected chi connectivity index (χ2v) is 6.42. The summed E-state index contributed by atoms with van der Waals surface area (Å²) in [5.74, 6) is 0.524. The van der Waals surface area contributed by atoms with Gasteiger partial charge < -0.3 is 10.2 Å². The quantitative estimate of drug-likeness (QED) is 0.421. The molecule has 0 bridgehead atoms. The fourth-order valence-corrected chi connectivity index (χ4v) is 3.12. The van der Waals surface area contributed by atoms with Gasteiger partial charge in [-0.3, -0.25) is 4.79 Å². The van der Waals surface area contributed by atoms with E-state index in [-0.39, 0.29) is 12.5 Å². The van der Waals surface area contributed by atoms with Gasteiger partial charge in [0.2, 0.25) is 0 Å². The molecular weight excluding hydrogens is 288 g/mol. The molecule has 3 heteroatoms. The molecule has 1 fully saturated rings. The Morgan fingerprint density at radius 2 is 2.04 bits per heavy atom. The Kier molecular flexibility index (Phi) is 10.4. The van der Waals surface area contributed by atoms with E-state index in [1.165, 1.54) is 19.3 Å². The van der Waals surface area contributed by atoms with Crippen molar-refractivity contribution in [1.82, 2.24) is 0 Å². The summed E-state index contributed by atoms with van der Waals surface area (Å²) in [6.07, 6.45) is 20.6. The van der Waals surface area contributed by atoms with Crippen molar-refractivity contribution >= 4 is 5.97 Å². The molecule has 0 aromatic rings. The molecule has 3 atom stereocenters. The first-order valence-electron chi connectivity index (χ1n) is 9.01. The molecule has 1 saturated carbocycles. The molecule has 0 aromatic carbocycles. The number of hydrogen-bond donors (Lipinski definition) is 2. The average Bonchev–Trinajstić information content (AvgIpc) is 2.96. The number of carboxylic acid groups (broad SMARTS) is 1. The van der Waals surface area contributed by atoms with Crippen molar-refractivity contribution in [3.05, 3.63) is 36.5 Å². The maximum atomic E-state index is 10.4. The summed E-state index contributed by atoms with van der Waals surface area (Å²) in [6, 6.07) is 0. The van der Waals surface area contributed by atoms with Gasteiger partial charge in [-0.1, -0.05) is 49.8 Å². The van der Waals surface area contributed by atoms with Gasteiger partial charge in [0, 0.05) is 6.42 Å². The van der Waals surface area contributed by atoms with E-state index in [0.29, 0.717) is 18.3 Å². The second kappa shape index (κ2) is 12.1. The lowest BCUT2D eigenvalue weighted by Gasteiger charge is -2.14. The van der Waals surface area contributed by atoms with E-state index < -0.39 is 5.97 Å². The number of aliphatic carboxylic acids is 1. The highest BCUT2D eigenvalue weighted by atomic mass is 16.4. The lowest BCUT2D eigenvalue weighted by atomic mass is 9.91. The number of carboxylic acids is 1. The van der Waals surface area contributed by atoms with Crippen LogP contribution in [0.25, 0.3) is 0 Å². The lowest BCUT2D eigenvalue weighted by molar-refractivity contribution is -0.137. The third kappa shape index (κ3) is 9.39. The van der Waals surface area contributed by atoms with Crippen LogP contribution in [0.2, 0.25) is 0 Å². The number of unbranched alkanes of at least 4 members (excludes halogenated alkanes) is 1. The monoisotopic (exact) mass is 320 g/mol. The molecule has 0 amide bonds. The molecule has 2 N–H and O–H groups in total. The average molecular weight is 320 g/mol. The fourth-order valence-electron chi connectivity index (χ4n) is 3.12. The van der Waals surface area contributed by atoms with Crippen LogP contribution < -0.4 is 0 Å². The highest BCUT2D eigenvalue weighted by Gasteiger charge is 2.23.